The Morgan fingerprint density at radius 3 is 2.71 bits per heavy atom. The number of carbonyl (C=O) groups excluding carboxylic acids is 2. The van der Waals surface area contributed by atoms with Crippen LogP contribution in [-0.4, -0.2) is 33.0 Å². The SMILES string of the molecule is CC1=C(c2ccc3c(c2)nc(NC(=O)c2cccc(C(F)(F)F)c2)n3CCCO)C(=O)CC=C1. The highest BCUT2D eigenvalue weighted by molar-refractivity contribution is 6.23. The molecule has 0 aliphatic heterocycles. The highest BCUT2D eigenvalue weighted by Gasteiger charge is 2.31. The Balaban J connectivity index is 1.72. The van der Waals surface area contributed by atoms with Crippen LogP contribution in [0.15, 0.2) is 60.2 Å². The van der Waals surface area contributed by atoms with Crippen molar-refractivity contribution in [1.82, 2.24) is 9.55 Å². The molecule has 0 bridgehead atoms. The second-order valence-corrected chi connectivity index (χ2v) is 7.99. The summed E-state index contributed by atoms with van der Waals surface area (Å²) in [6.07, 6.45) is -0.174. The van der Waals surface area contributed by atoms with Gasteiger partial charge in [0.15, 0.2) is 5.78 Å². The molecule has 0 unspecified atom stereocenters. The van der Waals surface area contributed by atoms with E-state index in [-0.39, 0.29) is 23.9 Å². The zero-order chi connectivity index (χ0) is 24.5. The number of Topliss-reactive ketones (excluding diaryl/α,β-unsaturated/α-hetero) is 1. The molecule has 1 heterocycles. The smallest absolute Gasteiger partial charge is 0.396 e. The first-order chi connectivity index (χ1) is 16.2. The number of allylic oxidation sites excluding steroid dienone is 4. The van der Waals surface area contributed by atoms with Gasteiger partial charge in [-0.1, -0.05) is 24.3 Å². The number of nitrogens with zero attached hydrogens (tertiary/aromatic N) is 2. The number of nitrogens with one attached hydrogen (secondary N) is 1. The monoisotopic (exact) mass is 469 g/mol. The summed E-state index contributed by atoms with van der Waals surface area (Å²) in [7, 11) is 0. The number of hydrogen-bond donors (Lipinski definition) is 2. The average Bonchev–Trinajstić information content (AvgIpc) is 3.13. The average molecular weight is 469 g/mol. The van der Waals surface area contributed by atoms with Gasteiger partial charge in [0, 0.05) is 30.7 Å². The lowest BCUT2D eigenvalue weighted by molar-refractivity contribution is -0.137. The van der Waals surface area contributed by atoms with Crippen LogP contribution in [0.25, 0.3) is 16.6 Å². The summed E-state index contributed by atoms with van der Waals surface area (Å²) >= 11 is 0. The molecule has 0 saturated heterocycles. The summed E-state index contributed by atoms with van der Waals surface area (Å²) in [6, 6.07) is 9.47. The number of rotatable bonds is 6. The van der Waals surface area contributed by atoms with Gasteiger partial charge in [-0.05, 0) is 54.8 Å². The fourth-order valence-corrected chi connectivity index (χ4v) is 3.98. The van der Waals surface area contributed by atoms with Crippen LogP contribution < -0.4 is 5.32 Å². The van der Waals surface area contributed by atoms with Gasteiger partial charge in [0.25, 0.3) is 5.91 Å². The van der Waals surface area contributed by atoms with Crippen LogP contribution >= 0.6 is 0 Å². The molecule has 0 radical (unpaired) electrons. The highest BCUT2D eigenvalue weighted by Crippen LogP contribution is 2.31. The van der Waals surface area contributed by atoms with Crippen molar-refractivity contribution < 1.29 is 27.9 Å². The van der Waals surface area contributed by atoms with Crippen LogP contribution in [0.2, 0.25) is 0 Å². The molecule has 176 valence electrons. The first-order valence-electron chi connectivity index (χ1n) is 10.7. The Morgan fingerprint density at radius 1 is 1.21 bits per heavy atom. The minimum atomic E-state index is -4.57. The number of aliphatic hydroxyl groups is 1. The summed E-state index contributed by atoms with van der Waals surface area (Å²) in [5.74, 6) is -0.598. The quantitative estimate of drug-likeness (QED) is 0.533. The lowest BCUT2D eigenvalue weighted by atomic mass is 9.91. The van der Waals surface area contributed by atoms with E-state index in [0.29, 0.717) is 41.6 Å². The number of aryl methyl sites for hydroxylation is 1. The van der Waals surface area contributed by atoms with Gasteiger partial charge < -0.3 is 9.67 Å². The molecule has 1 amide bonds. The van der Waals surface area contributed by atoms with E-state index >= 15 is 0 Å². The minimum absolute atomic E-state index is 0.00265. The van der Waals surface area contributed by atoms with Gasteiger partial charge in [0.05, 0.1) is 16.6 Å². The predicted octanol–water partition coefficient (Wildman–Crippen LogP) is 4.99. The second-order valence-electron chi connectivity index (χ2n) is 7.99. The lowest BCUT2D eigenvalue weighted by Gasteiger charge is -2.13. The summed E-state index contributed by atoms with van der Waals surface area (Å²) in [5.41, 5.74) is 2.23. The van der Waals surface area contributed by atoms with Crippen LogP contribution in [0.5, 0.6) is 0 Å². The number of carbonyl (C=O) groups is 2. The van der Waals surface area contributed by atoms with Crippen LogP contribution in [0, 0.1) is 0 Å². The van der Waals surface area contributed by atoms with E-state index in [1.807, 2.05) is 19.1 Å². The number of hydrogen-bond acceptors (Lipinski definition) is 4. The molecule has 0 fully saturated rings. The van der Waals surface area contributed by atoms with Crippen LogP contribution in [0.3, 0.4) is 0 Å². The van der Waals surface area contributed by atoms with Gasteiger partial charge in [-0.2, -0.15) is 13.2 Å². The molecule has 2 N–H and O–H groups in total. The number of ketones is 1. The summed E-state index contributed by atoms with van der Waals surface area (Å²) in [6.45, 7) is 2.09. The van der Waals surface area contributed by atoms with Crippen LogP contribution in [0.1, 0.15) is 41.3 Å². The molecular formula is C25H22F3N3O3. The molecule has 34 heavy (non-hydrogen) atoms. The van der Waals surface area contributed by atoms with Crippen molar-refractivity contribution in [3.8, 4) is 0 Å². The van der Waals surface area contributed by atoms with E-state index in [2.05, 4.69) is 10.3 Å². The Morgan fingerprint density at radius 2 is 2.00 bits per heavy atom. The number of alkyl halides is 3. The summed E-state index contributed by atoms with van der Waals surface area (Å²) in [4.78, 5) is 29.7. The van der Waals surface area contributed by atoms with Crippen molar-refractivity contribution in [3.63, 3.8) is 0 Å². The van der Waals surface area contributed by atoms with Gasteiger partial charge in [-0.3, -0.25) is 14.9 Å². The van der Waals surface area contributed by atoms with Crippen molar-refractivity contribution >= 4 is 34.2 Å². The number of amides is 1. The molecule has 0 atom stereocenters. The summed E-state index contributed by atoms with van der Waals surface area (Å²) in [5, 5.41) is 11.9. The molecule has 2 aromatic carbocycles. The third-order valence-electron chi connectivity index (χ3n) is 5.60. The van der Waals surface area contributed by atoms with E-state index in [1.54, 1.807) is 22.8 Å². The van der Waals surface area contributed by atoms with Crippen molar-refractivity contribution in [1.29, 1.82) is 0 Å². The fraction of sp³-hybridized carbons (Fsp3) is 0.240. The minimum Gasteiger partial charge on any atom is -0.396 e. The number of anilines is 1. The molecule has 6 nitrogen and oxygen atoms in total. The maximum atomic E-state index is 13.0. The number of benzene rings is 2. The molecule has 0 saturated carbocycles. The molecule has 1 aromatic heterocycles. The molecule has 1 aliphatic carbocycles. The van der Waals surface area contributed by atoms with Crippen molar-refractivity contribution in [2.75, 3.05) is 11.9 Å². The van der Waals surface area contributed by atoms with Crippen LogP contribution in [-0.2, 0) is 17.5 Å². The van der Waals surface area contributed by atoms with Crippen molar-refractivity contribution in [3.05, 3.63) is 76.9 Å². The van der Waals surface area contributed by atoms with Gasteiger partial charge in [-0.25, -0.2) is 4.98 Å². The molecule has 3 aromatic rings. The van der Waals surface area contributed by atoms with Crippen molar-refractivity contribution in [2.45, 2.75) is 32.5 Å². The van der Waals surface area contributed by atoms with Gasteiger partial charge in [-0.15, -0.1) is 0 Å². The predicted molar refractivity (Wildman–Crippen MR) is 122 cm³/mol. The molecule has 0 spiro atoms. The number of fused-ring (bicyclic) bond motifs is 1. The largest absolute Gasteiger partial charge is 0.416 e. The topological polar surface area (TPSA) is 84.2 Å². The zero-order valence-electron chi connectivity index (χ0n) is 18.3. The Hall–Kier alpha value is -3.72. The third kappa shape index (κ3) is 4.65. The van der Waals surface area contributed by atoms with Gasteiger partial charge in [0.2, 0.25) is 5.95 Å². The number of halogens is 3. The van der Waals surface area contributed by atoms with E-state index in [4.69, 9.17) is 0 Å². The first kappa shape index (κ1) is 23.4. The lowest BCUT2D eigenvalue weighted by Crippen LogP contribution is -2.17. The van der Waals surface area contributed by atoms with Crippen molar-refractivity contribution in [2.24, 2.45) is 0 Å². The molecule has 4 rings (SSSR count). The van der Waals surface area contributed by atoms with Gasteiger partial charge in [0.1, 0.15) is 0 Å². The first-order valence-corrected chi connectivity index (χ1v) is 10.7. The van der Waals surface area contributed by atoms with E-state index in [9.17, 15) is 27.9 Å². The zero-order valence-corrected chi connectivity index (χ0v) is 18.3. The molecule has 9 heteroatoms. The number of aromatic nitrogens is 2. The number of imidazole rings is 1. The van der Waals surface area contributed by atoms with Crippen LogP contribution in [0.4, 0.5) is 19.1 Å². The summed E-state index contributed by atoms with van der Waals surface area (Å²) < 4.78 is 40.8. The van der Waals surface area contributed by atoms with Gasteiger partial charge >= 0.3 is 6.18 Å². The maximum Gasteiger partial charge on any atom is 0.416 e. The maximum absolute atomic E-state index is 13.0. The van der Waals surface area contributed by atoms with E-state index < -0.39 is 17.6 Å². The Kier molecular flexibility index (Phi) is 6.39. The molecule has 1 aliphatic rings. The van der Waals surface area contributed by atoms with E-state index in [0.717, 1.165) is 17.7 Å². The second kappa shape index (κ2) is 9.26. The van der Waals surface area contributed by atoms with E-state index in [1.165, 1.54) is 12.1 Å². The normalized spacial score (nSPS) is 14.2. The Bertz CT molecular complexity index is 1340. The fourth-order valence-electron chi connectivity index (χ4n) is 3.98. The third-order valence-corrected chi connectivity index (χ3v) is 5.60. The Labute approximate surface area is 193 Å². The standard InChI is InChI=1S/C25H22F3N3O3/c1-15-5-2-8-21(33)22(15)16-9-10-20-19(14-16)29-24(31(20)11-4-12-32)30-23(34)17-6-3-7-18(13-17)25(26,27)28/h2-3,5-7,9-10,13-14,32H,4,8,11-12H2,1H3,(H,29,30,34). The number of aliphatic hydroxyl groups excluding tert-OH is 1. The molecular weight excluding hydrogens is 447 g/mol. The highest BCUT2D eigenvalue weighted by atomic mass is 19.4.